The van der Waals surface area contributed by atoms with Crippen molar-refractivity contribution in [1.82, 2.24) is 5.32 Å². The van der Waals surface area contributed by atoms with Gasteiger partial charge in [-0.15, -0.1) is 0 Å². The van der Waals surface area contributed by atoms with Gasteiger partial charge in [0.2, 0.25) is 11.7 Å². The molecule has 0 spiro atoms. The molecule has 42 heteroatoms. The molecule has 1 amide bonds. The minimum atomic E-state index is -1.90. The lowest BCUT2D eigenvalue weighted by Crippen LogP contribution is -2.36. The van der Waals surface area contributed by atoms with Crippen molar-refractivity contribution >= 4 is 87.8 Å². The van der Waals surface area contributed by atoms with Gasteiger partial charge in [0.05, 0.1) is 81.2 Å². The number of cyclic esters (lactones) is 4. The van der Waals surface area contributed by atoms with E-state index in [-0.39, 0.29) is 125 Å². The van der Waals surface area contributed by atoms with Crippen LogP contribution in [-0.4, -0.2) is 335 Å². The van der Waals surface area contributed by atoms with Crippen LogP contribution in [0.3, 0.4) is 0 Å². The van der Waals surface area contributed by atoms with E-state index < -0.39 is 205 Å². The molecule has 7 aliphatic heterocycles. The van der Waals surface area contributed by atoms with Crippen molar-refractivity contribution in [3.8, 4) is 40.2 Å². The number of halogens is 1. The van der Waals surface area contributed by atoms with E-state index in [4.69, 9.17) is 43.0 Å². The fourth-order valence-corrected chi connectivity index (χ4v) is 15.6. The number of anilines is 4. The standard InChI is InChI=1S/C23H29NO7.C22H28O9.C21H27FN2O6.C21H33NO6.C18H21NO8/c1-14-6-7-19(26)22(28)18(25)5-3-4-16-12-17(24-8-10-30-11-9-24)13-20(27)21(16)23(29)31-15(14)2;1-12-6-7-18(26)21(28)17(25)5-3-4-14-8-16(30-11-15(24)10-23)9-19(27)20(14)22(29)31-13(12)2;1-9-5-13(22)19(27)20(28)16(26)8-14-18(23-14)12-6-11(24(3)4)7-15(25)17(12)21(29)30-10(9)2;1-12-8-9-17(24)20(26)16(23)7-5-6-14-10-15(22(3)4)11-18(25)19(14)21(27)28-13(12)2;1-9-4-3-5-12(20)17(24)14(22)8-15(23)19-11-6-10(26-2)7-13(21)16(11)18(25)27-9/h3-4,6-7,12-15,18,22,25,27-28H,5,8-11H2,1-2H3;3-4,6-9,12-13,15,17,21,23-25,27-28H,5,10-11H2,1-2H3;5-7,9-10,14,16,18,20,23,25-26,28H,8H2,1-4H3;8-13,16-17,20-21,23-27H,5-7H2,1-4H3;3,5-7,9,14,17,21-22,24H,4,8H2,1-2H3,(H,19,23)/b2*4-3+,7-6-;13-5+;9-8-;5-3-/t14-,15+,18+,22+;12-,13+,15-,17+,21+;9-,10+,14?,16?,18?,20+;12-,13+,16+,17+,20+,21+;9-,14-,17+/m11110/s1. The van der Waals surface area contributed by atoms with E-state index in [0.29, 0.717) is 67.1 Å². The predicted octanol–water partition coefficient (Wildman–Crippen LogP) is 5.44. The van der Waals surface area contributed by atoms with Gasteiger partial charge in [-0.1, -0.05) is 82.4 Å². The number of rotatable bonds is 8. The summed E-state index contributed by atoms with van der Waals surface area (Å²) in [6, 6.07) is 14.3. The summed E-state index contributed by atoms with van der Waals surface area (Å²) >= 11 is 0. The molecule has 147 heavy (non-hydrogen) atoms. The summed E-state index contributed by atoms with van der Waals surface area (Å²) in [5, 5.41) is 198. The number of ketones is 4. The molecule has 806 valence electrons. The number of ether oxygens (including phenoxy) is 8. The monoisotopic (exact) mass is 2060 g/mol. The van der Waals surface area contributed by atoms with E-state index in [9.17, 15) is 139 Å². The third-order valence-corrected chi connectivity index (χ3v) is 25.5. The molecule has 7 aliphatic rings. The van der Waals surface area contributed by atoms with Crippen LogP contribution >= 0.6 is 0 Å². The predicted molar refractivity (Wildman–Crippen MR) is 533 cm³/mol. The van der Waals surface area contributed by atoms with E-state index in [0.717, 1.165) is 29.6 Å². The summed E-state index contributed by atoms with van der Waals surface area (Å²) in [6.07, 6.45) is -3.28. The molecule has 5 aromatic carbocycles. The van der Waals surface area contributed by atoms with Gasteiger partial charge in [0.1, 0.15) is 136 Å². The highest BCUT2D eigenvalue weighted by Crippen LogP contribution is 2.44. The van der Waals surface area contributed by atoms with Crippen molar-refractivity contribution in [3.63, 3.8) is 0 Å². The van der Waals surface area contributed by atoms with Crippen LogP contribution in [0.4, 0.5) is 27.1 Å². The summed E-state index contributed by atoms with van der Waals surface area (Å²) in [4.78, 5) is 117. The van der Waals surface area contributed by atoms with Gasteiger partial charge in [-0.3, -0.25) is 24.0 Å². The van der Waals surface area contributed by atoms with Crippen LogP contribution in [0.5, 0.6) is 40.2 Å². The lowest BCUT2D eigenvalue weighted by molar-refractivity contribution is -0.144. The molecule has 24 atom stereocenters. The van der Waals surface area contributed by atoms with Gasteiger partial charge in [0.15, 0.2) is 29.5 Å². The first-order chi connectivity index (χ1) is 69.2. The summed E-state index contributed by atoms with van der Waals surface area (Å²) in [6.45, 7) is 16.8. The van der Waals surface area contributed by atoms with Crippen LogP contribution in [0.1, 0.15) is 189 Å². The molecule has 7 heterocycles. The number of aromatic hydroxyl groups is 5. The summed E-state index contributed by atoms with van der Waals surface area (Å²) in [7, 11) is 8.63. The number of aryl methyl sites for hydroxylation is 1. The molecule has 12 rings (SSSR count). The van der Waals surface area contributed by atoms with E-state index in [1.807, 2.05) is 36.9 Å². The van der Waals surface area contributed by atoms with Gasteiger partial charge < -0.3 is 160 Å². The van der Waals surface area contributed by atoms with Gasteiger partial charge in [0.25, 0.3) is 0 Å². The Balaban J connectivity index is 0.000000224. The maximum atomic E-state index is 14.3. The Morgan fingerprint density at radius 1 is 0.503 bits per heavy atom. The number of morpholine rings is 1. The van der Waals surface area contributed by atoms with Crippen molar-refractivity contribution in [1.29, 1.82) is 0 Å². The van der Waals surface area contributed by atoms with Crippen LogP contribution in [0.15, 0.2) is 133 Å². The number of nitrogens with zero attached hydrogens (tertiary/aromatic N) is 3. The number of carbonyl (C=O) groups is 9. The summed E-state index contributed by atoms with van der Waals surface area (Å²) in [5.41, 5.74) is 3.86. The highest BCUT2D eigenvalue weighted by Gasteiger charge is 2.45. The number of fused-ring (bicyclic) bond motifs is 7. The molecule has 41 nitrogen and oxygen atoms in total. The highest BCUT2D eigenvalue weighted by molar-refractivity contribution is 6.05. The number of benzene rings is 5. The zero-order valence-corrected chi connectivity index (χ0v) is 84.2. The van der Waals surface area contributed by atoms with Gasteiger partial charge >= 0.3 is 23.9 Å². The van der Waals surface area contributed by atoms with Crippen molar-refractivity contribution in [2.24, 2.45) is 23.7 Å². The molecule has 0 aliphatic carbocycles. The highest BCUT2D eigenvalue weighted by atomic mass is 19.1. The van der Waals surface area contributed by atoms with Gasteiger partial charge in [0, 0.05) is 137 Å². The number of nitrogens with one attached hydrogen (secondary N) is 2. The second-order valence-corrected chi connectivity index (χ2v) is 37.4. The largest absolute Gasteiger partial charge is 0.507 e. The quantitative estimate of drug-likeness (QED) is 0.0398. The number of carbonyl (C=O) groups excluding carboxylic acids is 9. The molecule has 3 unspecified atom stereocenters. The van der Waals surface area contributed by atoms with Crippen LogP contribution in [-0.2, 0) is 58.8 Å². The Hall–Kier alpha value is -12.4. The van der Waals surface area contributed by atoms with Crippen molar-refractivity contribution in [2.75, 3.05) is 94.8 Å². The zero-order valence-electron chi connectivity index (χ0n) is 84.2. The third-order valence-electron chi connectivity index (χ3n) is 25.5. The van der Waals surface area contributed by atoms with E-state index >= 15 is 0 Å². The molecule has 0 saturated carbocycles. The Labute approximate surface area is 849 Å². The van der Waals surface area contributed by atoms with E-state index in [1.54, 1.807) is 104 Å². The number of phenols is 5. The van der Waals surface area contributed by atoms with Crippen molar-refractivity contribution in [2.45, 2.75) is 236 Å². The summed E-state index contributed by atoms with van der Waals surface area (Å²) < 4.78 is 57.4. The number of hydrogen-bond acceptors (Lipinski definition) is 40. The molecule has 2 fully saturated rings. The second-order valence-electron chi connectivity index (χ2n) is 37.4. The number of aliphatic hydroxyl groups is 14. The number of aliphatic hydroxyl groups excluding tert-OH is 14. The molecular weight excluding hydrogens is 1930 g/mol. The van der Waals surface area contributed by atoms with Gasteiger partial charge in [-0.25, -0.2) is 23.6 Å². The first-order valence-corrected chi connectivity index (χ1v) is 48.0. The molecule has 2 saturated heterocycles. The van der Waals surface area contributed by atoms with Gasteiger partial charge in [-0.05, 0) is 144 Å². The fraction of sp³-hybridized carbons (Fsp3) is 0.495. The van der Waals surface area contributed by atoms with E-state index in [1.165, 1.54) is 93.0 Å². The number of methoxy groups -OCH3 is 1. The molecule has 5 aromatic rings. The average molecular weight is 2070 g/mol. The lowest BCUT2D eigenvalue weighted by Gasteiger charge is -2.29. The second kappa shape index (κ2) is 55.5. The Morgan fingerprint density at radius 3 is 1.57 bits per heavy atom. The molecule has 0 bridgehead atoms. The van der Waals surface area contributed by atoms with Crippen molar-refractivity contribution in [3.05, 3.63) is 183 Å². The van der Waals surface area contributed by atoms with Crippen LogP contribution in [0, 0.1) is 23.7 Å². The number of hydrogen-bond donors (Lipinski definition) is 21. The first-order valence-electron chi connectivity index (χ1n) is 48.0. The minimum absolute atomic E-state index is 0.00715. The number of phenolic OH excluding ortho intramolecular Hbond substituents is 5. The topological polar surface area (TPSA) is 656 Å². The fourth-order valence-electron chi connectivity index (χ4n) is 15.6. The van der Waals surface area contributed by atoms with E-state index in [2.05, 4.69) is 10.6 Å². The Bertz CT molecular complexity index is 5620. The Morgan fingerprint density at radius 2 is 1.00 bits per heavy atom. The smallest absolute Gasteiger partial charge is 0.344 e. The Kier molecular flexibility index (Phi) is 45.3. The first kappa shape index (κ1) is 120. The van der Waals surface area contributed by atoms with Crippen LogP contribution < -0.4 is 34.8 Å². The van der Waals surface area contributed by atoms with Crippen LogP contribution in [0.25, 0.3) is 12.2 Å². The molecule has 0 radical (unpaired) electrons. The molecule has 21 N–H and O–H groups in total. The number of amides is 1. The third kappa shape index (κ3) is 33.8. The molecule has 0 aromatic heterocycles. The maximum Gasteiger partial charge on any atom is 0.344 e. The SMILES string of the molecule is COc1cc(O)c2c(c1)NC(=O)C[C@H](O)[C@H](O)C(=O)/C=C\C[C@H](C)OC2=O.C[C@@H]1/C=C(/F)C(=O)[C@@H](O)C(O)CC2NC2c2cc(N(C)C)cc(O)c2C(=O)O[C@H]1C.C[C@@H]1/C=C\C(=O)[C@@H](O)[C@@H](O)C/C=C/c2cc(N3CCOCC3)cc(O)c2C(=O)O[C@H]1C.C[C@@H]1/C=C\C(=O)[C@@H](O)[C@@H](O)C/C=C/c2cc(OC[C@H](O)CO)cc(O)c2C(=O)O[C@H]1C.C[C@@H]1/C=C\[C@H](O)[C@@H](O)[C@@H](O)CCCc2cc(N(C)C)cc(O)c2[C@@H](O)O[C@H]1C. The lowest BCUT2D eigenvalue weighted by atomic mass is 9.95. The number of esters is 4. The van der Waals surface area contributed by atoms with Crippen molar-refractivity contribution < 1.29 is 182 Å². The average Bonchev–Trinajstić information content (AvgIpc) is 1.61. The normalized spacial score (nSPS) is 30.3. The molecular formula is C105H138FN5O36. The number of Topliss-reactive ketones (excluding diaryl/α,β-unsaturated/α-hetero) is 1. The zero-order chi connectivity index (χ0) is 109. The summed E-state index contributed by atoms with van der Waals surface area (Å²) in [5.74, 6) is -11.0. The maximum absolute atomic E-state index is 14.3. The van der Waals surface area contributed by atoms with Crippen LogP contribution in [0.2, 0.25) is 0 Å². The van der Waals surface area contributed by atoms with Gasteiger partial charge in [-0.2, -0.15) is 0 Å². The minimum Gasteiger partial charge on any atom is -0.507 e.